The minimum atomic E-state index is -0.737. The van der Waals surface area contributed by atoms with E-state index in [9.17, 15) is 9.90 Å². The third kappa shape index (κ3) is 4.30. The Bertz CT molecular complexity index is 650. The number of pyridine rings is 1. The average Bonchev–Trinajstić information content (AvgIpc) is 2.44. The van der Waals surface area contributed by atoms with Crippen LogP contribution in [0.3, 0.4) is 0 Å². The lowest BCUT2D eigenvalue weighted by Gasteiger charge is -2.15. The molecule has 116 valence electrons. The zero-order valence-electron chi connectivity index (χ0n) is 13.1. The van der Waals surface area contributed by atoms with Gasteiger partial charge in [-0.2, -0.15) is 0 Å². The molecule has 0 radical (unpaired) electrons. The average molecular weight is 299 g/mol. The number of anilines is 1. The van der Waals surface area contributed by atoms with Crippen molar-refractivity contribution in [2.45, 2.75) is 26.9 Å². The van der Waals surface area contributed by atoms with Gasteiger partial charge >= 0.3 is 6.03 Å². The van der Waals surface area contributed by atoms with Crippen molar-refractivity contribution in [1.29, 1.82) is 0 Å². The molecule has 0 aliphatic carbocycles. The van der Waals surface area contributed by atoms with Crippen LogP contribution >= 0.6 is 0 Å². The highest BCUT2D eigenvalue weighted by molar-refractivity contribution is 5.88. The number of urea groups is 1. The molecule has 22 heavy (non-hydrogen) atoms. The van der Waals surface area contributed by atoms with E-state index in [1.54, 1.807) is 6.07 Å². The molecule has 1 atom stereocenters. The Morgan fingerprint density at radius 2 is 1.95 bits per heavy atom. The summed E-state index contributed by atoms with van der Waals surface area (Å²) in [6, 6.07) is 10.9. The van der Waals surface area contributed by atoms with Gasteiger partial charge in [0.15, 0.2) is 0 Å². The lowest BCUT2D eigenvalue weighted by Crippen LogP contribution is -2.32. The molecule has 0 saturated heterocycles. The summed E-state index contributed by atoms with van der Waals surface area (Å²) < 4.78 is 0. The number of aliphatic hydroxyl groups is 1. The summed E-state index contributed by atoms with van der Waals surface area (Å²) in [5.74, 6) is 0.500. The zero-order chi connectivity index (χ0) is 16.1. The van der Waals surface area contributed by atoms with Crippen LogP contribution in [-0.4, -0.2) is 22.7 Å². The second-order valence-electron chi connectivity index (χ2n) is 5.38. The molecule has 0 fully saturated rings. The minimum Gasteiger partial charge on any atom is -0.387 e. The third-order valence-corrected chi connectivity index (χ3v) is 3.34. The lowest BCUT2D eigenvalue weighted by molar-refractivity contribution is 0.174. The molecule has 1 aromatic heterocycles. The Hall–Kier alpha value is -2.40. The molecule has 0 bridgehead atoms. The predicted octanol–water partition coefficient (Wildman–Crippen LogP) is 2.86. The molecule has 2 amide bonds. The topological polar surface area (TPSA) is 74.2 Å². The van der Waals surface area contributed by atoms with E-state index in [2.05, 4.69) is 15.6 Å². The Labute approximate surface area is 130 Å². The van der Waals surface area contributed by atoms with Gasteiger partial charge in [-0.25, -0.2) is 9.78 Å². The third-order valence-electron chi connectivity index (χ3n) is 3.34. The van der Waals surface area contributed by atoms with Crippen molar-refractivity contribution in [2.75, 3.05) is 11.9 Å². The molecule has 0 aliphatic heterocycles. The second-order valence-corrected chi connectivity index (χ2v) is 5.38. The molecular weight excluding hydrogens is 278 g/mol. The number of amides is 2. The van der Waals surface area contributed by atoms with Crippen molar-refractivity contribution in [3.63, 3.8) is 0 Å². The minimum absolute atomic E-state index is 0.140. The van der Waals surface area contributed by atoms with Gasteiger partial charge in [-0.1, -0.05) is 24.3 Å². The highest BCUT2D eigenvalue weighted by Gasteiger charge is 2.11. The maximum atomic E-state index is 11.9. The van der Waals surface area contributed by atoms with E-state index in [4.69, 9.17) is 0 Å². The number of hydrogen-bond donors (Lipinski definition) is 3. The van der Waals surface area contributed by atoms with Crippen LogP contribution in [0, 0.1) is 20.8 Å². The zero-order valence-corrected chi connectivity index (χ0v) is 13.1. The maximum Gasteiger partial charge on any atom is 0.320 e. The van der Waals surface area contributed by atoms with Crippen LogP contribution in [0.1, 0.15) is 28.5 Å². The van der Waals surface area contributed by atoms with Gasteiger partial charge in [0.2, 0.25) is 0 Å². The van der Waals surface area contributed by atoms with E-state index in [0.29, 0.717) is 5.82 Å². The molecule has 0 saturated carbocycles. The molecule has 5 heteroatoms. The summed E-state index contributed by atoms with van der Waals surface area (Å²) in [4.78, 5) is 16.1. The summed E-state index contributed by atoms with van der Waals surface area (Å²) in [6.07, 6.45) is -0.737. The summed E-state index contributed by atoms with van der Waals surface area (Å²) in [5, 5.41) is 15.5. The van der Waals surface area contributed by atoms with E-state index in [1.807, 2.05) is 51.1 Å². The number of hydrogen-bond acceptors (Lipinski definition) is 3. The summed E-state index contributed by atoms with van der Waals surface area (Å²) in [7, 11) is 0. The van der Waals surface area contributed by atoms with Gasteiger partial charge in [-0.15, -0.1) is 0 Å². The number of carbonyl (C=O) groups is 1. The molecular formula is C17H21N3O2. The number of benzene rings is 1. The number of carbonyl (C=O) groups excluding carboxylic acids is 1. The van der Waals surface area contributed by atoms with Crippen LogP contribution in [0.15, 0.2) is 36.4 Å². The first-order valence-electron chi connectivity index (χ1n) is 7.19. The van der Waals surface area contributed by atoms with Crippen molar-refractivity contribution < 1.29 is 9.90 Å². The lowest BCUT2D eigenvalue weighted by atomic mass is 10.0. The monoisotopic (exact) mass is 299 g/mol. The summed E-state index contributed by atoms with van der Waals surface area (Å²) in [5.41, 5.74) is 3.68. The van der Waals surface area contributed by atoms with Gasteiger partial charge in [0.25, 0.3) is 0 Å². The quantitative estimate of drug-likeness (QED) is 0.812. The Balaban J connectivity index is 1.91. The van der Waals surface area contributed by atoms with Crippen LogP contribution in [-0.2, 0) is 0 Å². The largest absolute Gasteiger partial charge is 0.387 e. The van der Waals surface area contributed by atoms with Gasteiger partial charge in [0.1, 0.15) is 5.82 Å². The van der Waals surface area contributed by atoms with Crippen molar-refractivity contribution in [2.24, 2.45) is 0 Å². The molecule has 1 aromatic carbocycles. The van der Waals surface area contributed by atoms with Gasteiger partial charge in [-0.05, 0) is 49.6 Å². The first-order chi connectivity index (χ1) is 10.5. The van der Waals surface area contributed by atoms with Gasteiger partial charge < -0.3 is 10.4 Å². The van der Waals surface area contributed by atoms with Gasteiger partial charge in [-0.3, -0.25) is 5.32 Å². The van der Waals surface area contributed by atoms with Crippen LogP contribution < -0.4 is 10.6 Å². The molecule has 2 aromatic rings. The first-order valence-corrected chi connectivity index (χ1v) is 7.19. The van der Waals surface area contributed by atoms with Crippen molar-refractivity contribution >= 4 is 11.8 Å². The van der Waals surface area contributed by atoms with Crippen LogP contribution in [0.5, 0.6) is 0 Å². The summed E-state index contributed by atoms with van der Waals surface area (Å²) >= 11 is 0. The number of aryl methyl sites for hydroxylation is 3. The van der Waals surface area contributed by atoms with Gasteiger partial charge in [0, 0.05) is 12.2 Å². The van der Waals surface area contributed by atoms with E-state index >= 15 is 0 Å². The Morgan fingerprint density at radius 3 is 2.64 bits per heavy atom. The number of nitrogens with zero attached hydrogens (tertiary/aromatic N) is 1. The normalized spacial score (nSPS) is 11.8. The SMILES string of the molecule is Cc1cc(C)nc(NC(=O)NC[C@H](O)c2ccccc2C)c1. The molecule has 3 N–H and O–H groups in total. The number of aliphatic hydroxyl groups excluding tert-OH is 1. The first kappa shape index (κ1) is 16.0. The number of rotatable bonds is 4. The Morgan fingerprint density at radius 1 is 1.23 bits per heavy atom. The summed E-state index contributed by atoms with van der Waals surface area (Å²) in [6.45, 7) is 5.89. The van der Waals surface area contributed by atoms with Crippen molar-refractivity contribution in [3.05, 3.63) is 58.8 Å². The fourth-order valence-electron chi connectivity index (χ4n) is 2.33. The number of aromatic nitrogens is 1. The van der Waals surface area contributed by atoms with Crippen LogP contribution in [0.2, 0.25) is 0 Å². The Kier molecular flexibility index (Phi) is 5.12. The van der Waals surface area contributed by atoms with E-state index in [-0.39, 0.29) is 12.6 Å². The molecule has 0 spiro atoms. The standard InChI is InChI=1S/C17H21N3O2/c1-11-8-13(3)19-16(9-11)20-17(22)18-10-15(21)14-7-5-4-6-12(14)2/h4-9,15,21H,10H2,1-3H3,(H2,18,19,20,22)/t15-/m0/s1. The molecule has 2 rings (SSSR count). The highest BCUT2D eigenvalue weighted by Crippen LogP contribution is 2.16. The van der Waals surface area contributed by atoms with Gasteiger partial charge in [0.05, 0.1) is 6.10 Å². The van der Waals surface area contributed by atoms with Crippen molar-refractivity contribution in [3.8, 4) is 0 Å². The molecule has 5 nitrogen and oxygen atoms in total. The van der Waals surface area contributed by atoms with E-state index in [0.717, 1.165) is 22.4 Å². The van der Waals surface area contributed by atoms with Crippen LogP contribution in [0.25, 0.3) is 0 Å². The van der Waals surface area contributed by atoms with E-state index < -0.39 is 6.10 Å². The molecule has 1 heterocycles. The number of nitrogens with one attached hydrogen (secondary N) is 2. The fourth-order valence-corrected chi connectivity index (χ4v) is 2.33. The second kappa shape index (κ2) is 7.04. The van der Waals surface area contributed by atoms with Crippen LogP contribution in [0.4, 0.5) is 10.6 Å². The van der Waals surface area contributed by atoms with E-state index in [1.165, 1.54) is 0 Å². The smallest absolute Gasteiger partial charge is 0.320 e. The van der Waals surface area contributed by atoms with Crippen molar-refractivity contribution in [1.82, 2.24) is 10.3 Å². The maximum absolute atomic E-state index is 11.9. The molecule has 0 aliphatic rings. The predicted molar refractivity (Wildman–Crippen MR) is 86.9 cm³/mol. The molecule has 0 unspecified atom stereocenters. The highest BCUT2D eigenvalue weighted by atomic mass is 16.3. The fraction of sp³-hybridized carbons (Fsp3) is 0.294.